The van der Waals surface area contributed by atoms with E-state index in [9.17, 15) is 0 Å². The monoisotopic (exact) mass is 453 g/mol. The number of benzene rings is 1. The second-order valence-corrected chi connectivity index (χ2v) is 7.42. The number of hydrogen-bond acceptors (Lipinski definition) is 8. The highest BCUT2D eigenvalue weighted by atomic mass is 35.5. The number of halogens is 1. The molecule has 0 spiro atoms. The van der Waals surface area contributed by atoms with E-state index in [0.29, 0.717) is 40.6 Å². The summed E-state index contributed by atoms with van der Waals surface area (Å²) in [5, 5.41) is 11.9. The zero-order chi connectivity index (χ0) is 22.3. The quantitative estimate of drug-likeness (QED) is 0.342. The summed E-state index contributed by atoms with van der Waals surface area (Å²) in [6, 6.07) is 9.07. The van der Waals surface area contributed by atoms with Crippen molar-refractivity contribution in [3.63, 3.8) is 0 Å². The van der Waals surface area contributed by atoms with Gasteiger partial charge in [-0.15, -0.1) is 0 Å². The molecule has 0 atom stereocenters. The Morgan fingerprint density at radius 1 is 1.09 bits per heavy atom. The topological polar surface area (TPSA) is 99.0 Å². The lowest BCUT2D eigenvalue weighted by atomic mass is 10.2. The van der Waals surface area contributed by atoms with Crippen molar-refractivity contribution in [2.45, 2.75) is 13.3 Å². The van der Waals surface area contributed by atoms with Crippen LogP contribution in [0.1, 0.15) is 13.3 Å². The zero-order valence-corrected chi connectivity index (χ0v) is 18.6. The number of fused-ring (bicyclic) bond motifs is 1. The lowest BCUT2D eigenvalue weighted by molar-refractivity contribution is 0.306. The van der Waals surface area contributed by atoms with Crippen LogP contribution in [-0.2, 0) is 7.05 Å². The minimum Gasteiger partial charge on any atom is -0.492 e. The van der Waals surface area contributed by atoms with Gasteiger partial charge in [-0.2, -0.15) is 5.10 Å². The number of ether oxygens (including phenoxy) is 2. The molecule has 0 saturated heterocycles. The van der Waals surface area contributed by atoms with Gasteiger partial charge in [-0.1, -0.05) is 18.5 Å². The number of aryl methyl sites for hydroxylation is 1. The average Bonchev–Trinajstić information content (AvgIpc) is 3.20. The minimum atomic E-state index is 0.294. The largest absolute Gasteiger partial charge is 0.492 e. The molecule has 0 aliphatic heterocycles. The molecule has 0 saturated carbocycles. The summed E-state index contributed by atoms with van der Waals surface area (Å²) >= 11 is 6.37. The summed E-state index contributed by atoms with van der Waals surface area (Å²) in [6.07, 6.45) is 5.86. The number of pyridine rings is 1. The van der Waals surface area contributed by atoms with Gasteiger partial charge in [-0.05, 0) is 37.7 Å². The Morgan fingerprint density at radius 2 is 2.00 bits per heavy atom. The number of rotatable bonds is 10. The highest BCUT2D eigenvalue weighted by molar-refractivity contribution is 6.32. The van der Waals surface area contributed by atoms with Crippen LogP contribution < -0.4 is 20.1 Å². The van der Waals surface area contributed by atoms with Gasteiger partial charge < -0.3 is 20.1 Å². The fraction of sp³-hybridized carbons (Fsp3) is 0.273. The van der Waals surface area contributed by atoms with Gasteiger partial charge in [0.05, 0.1) is 18.3 Å². The van der Waals surface area contributed by atoms with Crippen molar-refractivity contribution in [3.05, 3.63) is 54.1 Å². The minimum absolute atomic E-state index is 0.294. The lowest BCUT2D eigenvalue weighted by Crippen LogP contribution is -2.16. The fourth-order valence-corrected chi connectivity index (χ4v) is 3.23. The fourth-order valence-electron chi connectivity index (χ4n) is 3.04. The van der Waals surface area contributed by atoms with E-state index < -0.39 is 0 Å². The van der Waals surface area contributed by atoms with E-state index in [1.54, 1.807) is 16.9 Å². The third-order valence-electron chi connectivity index (χ3n) is 4.58. The van der Waals surface area contributed by atoms with Crippen LogP contribution >= 0.6 is 11.6 Å². The molecular weight excluding hydrogens is 430 g/mol. The second kappa shape index (κ2) is 10.3. The van der Waals surface area contributed by atoms with Gasteiger partial charge in [0.25, 0.3) is 0 Å². The molecule has 0 unspecified atom stereocenters. The van der Waals surface area contributed by atoms with Crippen molar-refractivity contribution in [1.29, 1.82) is 0 Å². The first-order chi connectivity index (χ1) is 15.6. The summed E-state index contributed by atoms with van der Waals surface area (Å²) in [5.74, 6) is 2.77. The Balaban J connectivity index is 1.48. The van der Waals surface area contributed by atoms with E-state index in [2.05, 4.69) is 37.6 Å². The molecule has 9 nitrogen and oxygen atoms in total. The maximum absolute atomic E-state index is 6.37. The molecule has 10 heteroatoms. The van der Waals surface area contributed by atoms with E-state index >= 15 is 0 Å². The van der Waals surface area contributed by atoms with Gasteiger partial charge in [0.15, 0.2) is 5.82 Å². The molecule has 1 aromatic carbocycles. The van der Waals surface area contributed by atoms with E-state index in [4.69, 9.17) is 21.1 Å². The third-order valence-corrected chi connectivity index (χ3v) is 4.85. The summed E-state index contributed by atoms with van der Waals surface area (Å²) in [6.45, 7) is 4.51. The highest BCUT2D eigenvalue weighted by Gasteiger charge is 2.11. The standard InChI is InChI=1S/C22H24ClN7O2/c1-3-24-8-4-10-31-16-12-18(23)22(25-13-16)32-15-5-6-19-17(11-15)21(27-14-26-19)28-20-7-9-30(2)29-20/h5-7,9,11-14,24H,3-4,8,10H2,1-2H3,(H,26,27,28,29). The first-order valence-corrected chi connectivity index (χ1v) is 10.7. The van der Waals surface area contributed by atoms with Crippen molar-refractivity contribution in [2.75, 3.05) is 25.0 Å². The van der Waals surface area contributed by atoms with Crippen molar-refractivity contribution < 1.29 is 9.47 Å². The van der Waals surface area contributed by atoms with Gasteiger partial charge in [-0.3, -0.25) is 4.68 Å². The summed E-state index contributed by atoms with van der Waals surface area (Å²) in [7, 11) is 1.85. The van der Waals surface area contributed by atoms with Crippen molar-refractivity contribution in [1.82, 2.24) is 30.0 Å². The number of nitrogens with zero attached hydrogens (tertiary/aromatic N) is 5. The normalized spacial score (nSPS) is 11.0. The van der Waals surface area contributed by atoms with Crippen molar-refractivity contribution in [3.8, 4) is 17.4 Å². The first kappa shape index (κ1) is 21.8. The van der Waals surface area contributed by atoms with E-state index in [0.717, 1.165) is 30.4 Å². The third kappa shape index (κ3) is 5.43. The molecule has 0 fully saturated rings. The Hall–Kier alpha value is -3.43. The Bertz CT molecular complexity index is 1200. The molecule has 166 valence electrons. The lowest BCUT2D eigenvalue weighted by Gasteiger charge is -2.11. The molecule has 0 aliphatic carbocycles. The summed E-state index contributed by atoms with van der Waals surface area (Å²) in [5.41, 5.74) is 0.770. The van der Waals surface area contributed by atoms with Crippen LogP contribution in [-0.4, -0.2) is 44.4 Å². The average molecular weight is 454 g/mol. The predicted molar refractivity (Wildman–Crippen MR) is 124 cm³/mol. The van der Waals surface area contributed by atoms with Crippen LogP contribution in [0.25, 0.3) is 10.9 Å². The van der Waals surface area contributed by atoms with Gasteiger partial charge in [0.2, 0.25) is 5.88 Å². The van der Waals surface area contributed by atoms with Gasteiger partial charge in [0, 0.05) is 30.8 Å². The number of nitrogens with one attached hydrogen (secondary N) is 2. The maximum Gasteiger partial charge on any atom is 0.238 e. The SMILES string of the molecule is CCNCCCOc1cnc(Oc2ccc3ncnc(Nc4ccn(C)n4)c3c2)c(Cl)c1. The zero-order valence-electron chi connectivity index (χ0n) is 17.9. The van der Waals surface area contributed by atoms with Crippen LogP contribution in [0.5, 0.6) is 17.4 Å². The van der Waals surface area contributed by atoms with Gasteiger partial charge in [-0.25, -0.2) is 15.0 Å². The van der Waals surface area contributed by atoms with E-state index in [1.807, 2.05) is 37.5 Å². The molecule has 2 N–H and O–H groups in total. The van der Waals surface area contributed by atoms with Crippen LogP contribution in [0, 0.1) is 0 Å². The number of hydrogen-bond donors (Lipinski definition) is 2. The number of aromatic nitrogens is 5. The molecule has 4 rings (SSSR count). The first-order valence-electron chi connectivity index (χ1n) is 10.3. The van der Waals surface area contributed by atoms with Crippen LogP contribution in [0.4, 0.5) is 11.6 Å². The molecular formula is C22H24ClN7O2. The Kier molecular flexibility index (Phi) is 6.98. The molecule has 0 aliphatic rings. The molecule has 3 aromatic heterocycles. The van der Waals surface area contributed by atoms with E-state index in [-0.39, 0.29) is 0 Å². The van der Waals surface area contributed by atoms with E-state index in [1.165, 1.54) is 6.33 Å². The van der Waals surface area contributed by atoms with Crippen LogP contribution in [0.15, 0.2) is 49.1 Å². The summed E-state index contributed by atoms with van der Waals surface area (Å²) in [4.78, 5) is 13.0. The smallest absolute Gasteiger partial charge is 0.238 e. The molecule has 4 aromatic rings. The second-order valence-electron chi connectivity index (χ2n) is 7.02. The summed E-state index contributed by atoms with van der Waals surface area (Å²) < 4.78 is 13.3. The van der Waals surface area contributed by atoms with Crippen LogP contribution in [0.3, 0.4) is 0 Å². The Labute approximate surface area is 190 Å². The number of anilines is 2. The molecule has 0 radical (unpaired) electrons. The molecule has 0 bridgehead atoms. The molecule has 3 heterocycles. The highest BCUT2D eigenvalue weighted by Crippen LogP contribution is 2.32. The van der Waals surface area contributed by atoms with Crippen molar-refractivity contribution >= 4 is 34.1 Å². The molecule has 32 heavy (non-hydrogen) atoms. The predicted octanol–water partition coefficient (Wildman–Crippen LogP) is 4.33. The van der Waals surface area contributed by atoms with Crippen molar-refractivity contribution in [2.24, 2.45) is 7.05 Å². The van der Waals surface area contributed by atoms with Gasteiger partial charge >= 0.3 is 0 Å². The van der Waals surface area contributed by atoms with Gasteiger partial charge in [0.1, 0.15) is 28.7 Å². The van der Waals surface area contributed by atoms with Crippen LogP contribution in [0.2, 0.25) is 5.02 Å². The maximum atomic E-state index is 6.37. The Morgan fingerprint density at radius 3 is 2.78 bits per heavy atom. The molecule has 0 amide bonds.